The van der Waals surface area contributed by atoms with Crippen molar-refractivity contribution in [1.82, 2.24) is 14.9 Å². The topological polar surface area (TPSA) is 70.3 Å². The van der Waals surface area contributed by atoms with Crippen molar-refractivity contribution in [1.29, 1.82) is 0 Å². The number of nitrogens with one attached hydrogen (secondary N) is 1. The van der Waals surface area contributed by atoms with Crippen LogP contribution in [0.25, 0.3) is 0 Å². The molecule has 0 aromatic carbocycles. The summed E-state index contributed by atoms with van der Waals surface area (Å²) in [7, 11) is 2.05. The first kappa shape index (κ1) is 14.2. The first-order valence-electron chi connectivity index (χ1n) is 6.10. The van der Waals surface area contributed by atoms with Crippen molar-refractivity contribution in [2.45, 2.75) is 25.9 Å². The molecule has 3 N–H and O–H groups in total. The van der Waals surface area contributed by atoms with Crippen LogP contribution in [-0.4, -0.2) is 47.1 Å². The van der Waals surface area contributed by atoms with Crippen LogP contribution in [0.3, 0.4) is 0 Å². The van der Waals surface area contributed by atoms with E-state index in [1.54, 1.807) is 0 Å². The largest absolute Gasteiger partial charge is 0.348 e. The molecule has 0 amide bonds. The third-order valence-electron chi connectivity index (χ3n) is 3.51. The Morgan fingerprint density at radius 1 is 1.32 bits per heavy atom. The number of rotatable bonds is 2. The smallest absolute Gasteiger partial charge is 0.226 e. The number of nitrogens with zero attached hydrogens (tertiary/aromatic N) is 4. The van der Waals surface area contributed by atoms with E-state index in [9.17, 15) is 4.39 Å². The van der Waals surface area contributed by atoms with Gasteiger partial charge >= 0.3 is 0 Å². The van der Waals surface area contributed by atoms with Crippen molar-refractivity contribution in [2.75, 3.05) is 30.5 Å². The molecule has 1 aromatic rings. The summed E-state index contributed by atoms with van der Waals surface area (Å²) < 4.78 is 14.3. The van der Waals surface area contributed by atoms with E-state index < -0.39 is 5.82 Å². The fraction of sp³-hybridized carbons (Fsp3) is 0.636. The quantitative estimate of drug-likeness (QED) is 0.482. The molecule has 0 aliphatic carbocycles. The Hall–Kier alpha value is -1.18. The molecular formula is C11H18ClFN6. The molecule has 0 unspecified atom stereocenters. The number of hydrazine groups is 1. The number of halogens is 2. The number of piperazine rings is 1. The van der Waals surface area contributed by atoms with Crippen LogP contribution in [-0.2, 0) is 0 Å². The van der Waals surface area contributed by atoms with Gasteiger partial charge in [0, 0.05) is 25.2 Å². The number of nitrogens with two attached hydrogens (primary N) is 1. The highest BCUT2D eigenvalue weighted by Crippen LogP contribution is 2.27. The number of anilines is 2. The SMILES string of the molecule is C[C@@H]1CN(c2nc(Cl)nc(NN)c2F)[C@@H](C)CN1C. The first-order chi connectivity index (χ1) is 8.93. The van der Waals surface area contributed by atoms with E-state index in [2.05, 4.69) is 34.3 Å². The number of likely N-dealkylation sites (N-methyl/N-ethyl adjacent to an activating group) is 1. The molecule has 8 heteroatoms. The van der Waals surface area contributed by atoms with Crippen LogP contribution in [0.2, 0.25) is 5.28 Å². The molecule has 0 bridgehead atoms. The highest BCUT2D eigenvalue weighted by molar-refractivity contribution is 6.28. The molecule has 6 nitrogen and oxygen atoms in total. The molecular weight excluding hydrogens is 271 g/mol. The minimum absolute atomic E-state index is 0.0249. The Morgan fingerprint density at radius 3 is 2.63 bits per heavy atom. The molecule has 1 fully saturated rings. The Balaban J connectivity index is 2.38. The van der Waals surface area contributed by atoms with Gasteiger partial charge in [0.05, 0.1) is 0 Å². The molecule has 0 saturated carbocycles. The third kappa shape index (κ3) is 2.72. The second kappa shape index (κ2) is 5.44. The van der Waals surface area contributed by atoms with Gasteiger partial charge in [-0.1, -0.05) is 0 Å². The zero-order valence-corrected chi connectivity index (χ0v) is 11.9. The lowest BCUT2D eigenvalue weighted by Gasteiger charge is -2.43. The molecule has 106 valence electrons. The minimum atomic E-state index is -0.574. The molecule has 1 aliphatic rings. The summed E-state index contributed by atoms with van der Waals surface area (Å²) in [5.41, 5.74) is 2.20. The maximum Gasteiger partial charge on any atom is 0.226 e. The van der Waals surface area contributed by atoms with Crippen LogP contribution < -0.4 is 16.2 Å². The van der Waals surface area contributed by atoms with Crippen LogP contribution >= 0.6 is 11.6 Å². The highest BCUT2D eigenvalue weighted by atomic mass is 35.5. The second-order valence-corrected chi connectivity index (χ2v) is 5.25. The summed E-state index contributed by atoms with van der Waals surface area (Å²) in [6.45, 7) is 5.61. The Bertz CT molecular complexity index is 471. The van der Waals surface area contributed by atoms with Crippen molar-refractivity contribution in [3.63, 3.8) is 0 Å². The van der Waals surface area contributed by atoms with Gasteiger partial charge in [-0.25, -0.2) is 5.84 Å². The fourth-order valence-corrected chi connectivity index (χ4v) is 2.45. The zero-order valence-electron chi connectivity index (χ0n) is 11.2. The maximum absolute atomic E-state index is 14.3. The second-order valence-electron chi connectivity index (χ2n) is 4.91. The lowest BCUT2D eigenvalue weighted by molar-refractivity contribution is 0.204. The normalized spacial score (nSPS) is 24.6. The number of hydrogen-bond acceptors (Lipinski definition) is 6. The molecule has 19 heavy (non-hydrogen) atoms. The summed E-state index contributed by atoms with van der Waals surface area (Å²) in [5, 5.41) is -0.0249. The van der Waals surface area contributed by atoms with Crippen molar-refractivity contribution in [3.8, 4) is 0 Å². The lowest BCUT2D eigenvalue weighted by atomic mass is 10.1. The van der Waals surface area contributed by atoms with Gasteiger partial charge in [0.15, 0.2) is 11.6 Å². The Morgan fingerprint density at radius 2 is 2.00 bits per heavy atom. The average Bonchev–Trinajstić information content (AvgIpc) is 2.36. The van der Waals surface area contributed by atoms with E-state index in [1.807, 2.05) is 11.8 Å². The van der Waals surface area contributed by atoms with Gasteiger partial charge in [0.1, 0.15) is 0 Å². The molecule has 1 aliphatic heterocycles. The van der Waals surface area contributed by atoms with Gasteiger partial charge < -0.3 is 10.3 Å². The summed E-state index contributed by atoms with van der Waals surface area (Å²) in [5.74, 6) is 4.77. The standard InChI is InChI=1S/C11H18ClFN6/c1-6-5-19(7(2)4-18(6)3)10-8(13)9(17-14)15-11(12)16-10/h6-7H,4-5,14H2,1-3H3,(H,15,16,17)/t6-,7+/m1/s1. The lowest BCUT2D eigenvalue weighted by Crippen LogP contribution is -2.55. The third-order valence-corrected chi connectivity index (χ3v) is 3.68. The number of hydrogen-bond donors (Lipinski definition) is 2. The van der Waals surface area contributed by atoms with Crippen LogP contribution in [0.15, 0.2) is 0 Å². The van der Waals surface area contributed by atoms with Crippen molar-refractivity contribution >= 4 is 23.2 Å². The van der Waals surface area contributed by atoms with Crippen LogP contribution in [0.1, 0.15) is 13.8 Å². The molecule has 2 rings (SSSR count). The number of nitrogen functional groups attached to an aromatic ring is 1. The van der Waals surface area contributed by atoms with Gasteiger partial charge in [0.25, 0.3) is 0 Å². The molecule has 2 heterocycles. The summed E-state index contributed by atoms with van der Waals surface area (Å²) >= 11 is 5.81. The maximum atomic E-state index is 14.3. The average molecular weight is 289 g/mol. The van der Waals surface area contributed by atoms with E-state index >= 15 is 0 Å². The highest BCUT2D eigenvalue weighted by Gasteiger charge is 2.30. The predicted molar refractivity (Wildman–Crippen MR) is 73.7 cm³/mol. The first-order valence-corrected chi connectivity index (χ1v) is 6.48. The van der Waals surface area contributed by atoms with E-state index in [0.717, 1.165) is 6.54 Å². The van der Waals surface area contributed by atoms with Gasteiger partial charge in [-0.15, -0.1) is 0 Å². The number of aromatic nitrogens is 2. The van der Waals surface area contributed by atoms with Crippen molar-refractivity contribution in [3.05, 3.63) is 11.1 Å². The van der Waals surface area contributed by atoms with Crippen LogP contribution in [0.4, 0.5) is 16.0 Å². The van der Waals surface area contributed by atoms with Crippen molar-refractivity contribution < 1.29 is 4.39 Å². The fourth-order valence-electron chi connectivity index (χ4n) is 2.29. The van der Waals surface area contributed by atoms with Gasteiger partial charge in [0.2, 0.25) is 11.1 Å². The van der Waals surface area contributed by atoms with E-state index in [0.29, 0.717) is 12.6 Å². The molecule has 0 radical (unpaired) electrons. The van der Waals surface area contributed by atoms with E-state index in [4.69, 9.17) is 17.4 Å². The minimum Gasteiger partial charge on any atom is -0.348 e. The zero-order chi connectivity index (χ0) is 14.2. The molecule has 1 aromatic heterocycles. The van der Waals surface area contributed by atoms with Gasteiger partial charge in [-0.3, -0.25) is 4.90 Å². The summed E-state index contributed by atoms with van der Waals surface area (Å²) in [6, 6.07) is 0.436. The van der Waals surface area contributed by atoms with Gasteiger partial charge in [-0.2, -0.15) is 14.4 Å². The Labute approximate surface area is 116 Å². The molecule has 2 atom stereocenters. The van der Waals surface area contributed by atoms with Crippen molar-refractivity contribution in [2.24, 2.45) is 5.84 Å². The predicted octanol–water partition coefficient (Wildman–Crippen LogP) is 1.08. The van der Waals surface area contributed by atoms with Gasteiger partial charge in [-0.05, 0) is 32.5 Å². The van der Waals surface area contributed by atoms with E-state index in [1.165, 1.54) is 0 Å². The van der Waals surface area contributed by atoms with Crippen LogP contribution in [0.5, 0.6) is 0 Å². The summed E-state index contributed by atoms with van der Waals surface area (Å²) in [6.07, 6.45) is 0. The molecule has 1 saturated heterocycles. The molecule has 0 spiro atoms. The van der Waals surface area contributed by atoms with E-state index in [-0.39, 0.29) is 23.0 Å². The van der Waals surface area contributed by atoms with Crippen LogP contribution in [0, 0.1) is 5.82 Å². The summed E-state index contributed by atoms with van der Waals surface area (Å²) in [4.78, 5) is 11.8. The monoisotopic (exact) mass is 288 g/mol. The Kier molecular flexibility index (Phi) is 4.07.